The van der Waals surface area contributed by atoms with Crippen LogP contribution < -0.4 is 0 Å². The molecule has 0 amide bonds. The zero-order chi connectivity index (χ0) is 44.4. The highest BCUT2D eigenvalue weighted by atomic mass is 16.6. The number of rotatable bonds is 51. The number of ether oxygens (including phenoxy) is 3. The third-order valence-corrected chi connectivity index (χ3v) is 12.6. The molecule has 0 aromatic rings. The van der Waals surface area contributed by atoms with Gasteiger partial charge in [0.15, 0.2) is 6.10 Å². The topological polar surface area (TPSA) is 78.9 Å². The first-order chi connectivity index (χ1) is 30.0. The summed E-state index contributed by atoms with van der Waals surface area (Å²) in [5.41, 5.74) is 0. The van der Waals surface area contributed by atoms with Gasteiger partial charge in [-0.15, -0.1) is 0 Å². The predicted octanol–water partition coefficient (Wildman–Crippen LogP) is 18.0. The van der Waals surface area contributed by atoms with E-state index < -0.39 is 6.10 Å². The largest absolute Gasteiger partial charge is 0.462 e. The van der Waals surface area contributed by atoms with E-state index in [2.05, 4.69) is 20.8 Å². The Balaban J connectivity index is 4.04. The van der Waals surface area contributed by atoms with Gasteiger partial charge in [0, 0.05) is 19.3 Å². The van der Waals surface area contributed by atoms with Crippen LogP contribution in [0.5, 0.6) is 0 Å². The number of unbranched alkanes of at least 4 members (excludes halogenated alkanes) is 40. The fraction of sp³-hybridized carbons (Fsp3) is 0.945. The van der Waals surface area contributed by atoms with Gasteiger partial charge in [0.1, 0.15) is 13.2 Å². The van der Waals surface area contributed by atoms with Crippen LogP contribution in [0.4, 0.5) is 0 Å². The van der Waals surface area contributed by atoms with Gasteiger partial charge in [-0.1, -0.05) is 278 Å². The lowest BCUT2D eigenvalue weighted by atomic mass is 10.0. The second-order valence-electron chi connectivity index (χ2n) is 18.9. The highest BCUT2D eigenvalue weighted by Crippen LogP contribution is 2.17. The first-order valence-corrected chi connectivity index (χ1v) is 27.5. The van der Waals surface area contributed by atoms with E-state index in [1.807, 2.05) is 0 Å². The van der Waals surface area contributed by atoms with Crippen LogP contribution >= 0.6 is 0 Å². The maximum absolute atomic E-state index is 12.7. The summed E-state index contributed by atoms with van der Waals surface area (Å²) < 4.78 is 16.7. The van der Waals surface area contributed by atoms with Crippen molar-refractivity contribution < 1.29 is 28.6 Å². The molecule has 0 aromatic heterocycles. The summed E-state index contributed by atoms with van der Waals surface area (Å²) in [4.78, 5) is 37.8. The van der Waals surface area contributed by atoms with E-state index in [-0.39, 0.29) is 31.1 Å². The molecule has 0 rings (SSSR count). The summed E-state index contributed by atoms with van der Waals surface area (Å²) in [6.45, 7) is 6.63. The van der Waals surface area contributed by atoms with Gasteiger partial charge in [0.2, 0.25) is 0 Å². The predicted molar refractivity (Wildman–Crippen MR) is 261 cm³/mol. The molecule has 0 bridgehead atoms. The average molecular weight is 863 g/mol. The SMILES string of the molecule is CCCCCCCCCCCCCCCCCCCCCCCCCC(=O)OCC(COC(=O)CCCCCCCC)OC(=O)CCCCCCCCCCCCCCCC. The molecule has 6 heteroatoms. The number of hydrogen-bond donors (Lipinski definition) is 0. The minimum absolute atomic E-state index is 0.0625. The van der Waals surface area contributed by atoms with Crippen LogP contribution in [0.1, 0.15) is 316 Å². The molecule has 0 spiro atoms. The Bertz CT molecular complexity index is 905. The van der Waals surface area contributed by atoms with Crippen molar-refractivity contribution in [3.05, 3.63) is 0 Å². The number of carbonyl (C=O) groups is 3. The number of carbonyl (C=O) groups excluding carboxylic acids is 3. The fourth-order valence-electron chi connectivity index (χ4n) is 8.45. The zero-order valence-electron chi connectivity index (χ0n) is 41.5. The van der Waals surface area contributed by atoms with Gasteiger partial charge in [-0.05, 0) is 19.3 Å². The minimum Gasteiger partial charge on any atom is -0.462 e. The van der Waals surface area contributed by atoms with Crippen molar-refractivity contribution >= 4 is 17.9 Å². The van der Waals surface area contributed by atoms with E-state index in [0.29, 0.717) is 19.3 Å². The Morgan fingerprint density at radius 3 is 0.656 bits per heavy atom. The van der Waals surface area contributed by atoms with Gasteiger partial charge >= 0.3 is 17.9 Å². The third-order valence-electron chi connectivity index (χ3n) is 12.6. The molecule has 1 unspecified atom stereocenters. The van der Waals surface area contributed by atoms with Crippen LogP contribution in [-0.2, 0) is 28.6 Å². The third kappa shape index (κ3) is 49.3. The van der Waals surface area contributed by atoms with Crippen LogP contribution in [0, 0.1) is 0 Å². The van der Waals surface area contributed by atoms with Crippen LogP contribution in [0.15, 0.2) is 0 Å². The lowest BCUT2D eigenvalue weighted by Crippen LogP contribution is -2.30. The van der Waals surface area contributed by atoms with Gasteiger partial charge in [-0.25, -0.2) is 0 Å². The van der Waals surface area contributed by atoms with Crippen LogP contribution in [0.3, 0.4) is 0 Å². The molecule has 1 atom stereocenters. The molecule has 0 aromatic carbocycles. The first kappa shape index (κ1) is 59.4. The van der Waals surface area contributed by atoms with Crippen molar-refractivity contribution in [2.24, 2.45) is 0 Å². The molecule has 0 aliphatic rings. The van der Waals surface area contributed by atoms with Gasteiger partial charge in [0.25, 0.3) is 0 Å². The molecule has 61 heavy (non-hydrogen) atoms. The fourth-order valence-corrected chi connectivity index (χ4v) is 8.45. The van der Waals surface area contributed by atoms with E-state index in [0.717, 1.165) is 57.8 Å². The van der Waals surface area contributed by atoms with Crippen molar-refractivity contribution in [3.63, 3.8) is 0 Å². The zero-order valence-corrected chi connectivity index (χ0v) is 41.5. The highest BCUT2D eigenvalue weighted by Gasteiger charge is 2.19. The average Bonchev–Trinajstić information content (AvgIpc) is 3.26. The summed E-state index contributed by atoms with van der Waals surface area (Å²) in [6, 6.07) is 0. The maximum Gasteiger partial charge on any atom is 0.306 e. The monoisotopic (exact) mass is 863 g/mol. The molecule has 0 heterocycles. The van der Waals surface area contributed by atoms with Crippen molar-refractivity contribution in [2.75, 3.05) is 13.2 Å². The normalized spacial score (nSPS) is 11.9. The van der Waals surface area contributed by atoms with Crippen LogP contribution in [0.2, 0.25) is 0 Å². The summed E-state index contributed by atoms with van der Waals surface area (Å²) in [5.74, 6) is -0.850. The maximum atomic E-state index is 12.7. The molecule has 0 saturated heterocycles. The lowest BCUT2D eigenvalue weighted by Gasteiger charge is -2.18. The lowest BCUT2D eigenvalue weighted by molar-refractivity contribution is -0.167. The molecule has 0 N–H and O–H groups in total. The molecule has 0 aliphatic heterocycles. The highest BCUT2D eigenvalue weighted by molar-refractivity contribution is 5.71. The second kappa shape index (κ2) is 51.0. The number of hydrogen-bond acceptors (Lipinski definition) is 6. The molecule has 0 aliphatic carbocycles. The minimum atomic E-state index is -0.758. The Kier molecular flexibility index (Phi) is 49.7. The molecular formula is C55H106O6. The molecular weight excluding hydrogens is 757 g/mol. The van der Waals surface area contributed by atoms with Crippen LogP contribution in [0.25, 0.3) is 0 Å². The van der Waals surface area contributed by atoms with E-state index in [1.165, 1.54) is 218 Å². The van der Waals surface area contributed by atoms with E-state index in [9.17, 15) is 14.4 Å². The molecule has 0 fully saturated rings. The Morgan fingerprint density at radius 1 is 0.262 bits per heavy atom. The quantitative estimate of drug-likeness (QED) is 0.0344. The first-order valence-electron chi connectivity index (χ1n) is 27.5. The van der Waals surface area contributed by atoms with Crippen molar-refractivity contribution in [3.8, 4) is 0 Å². The Labute approximate surface area is 380 Å². The Morgan fingerprint density at radius 2 is 0.443 bits per heavy atom. The van der Waals surface area contributed by atoms with Crippen molar-refractivity contribution in [1.82, 2.24) is 0 Å². The smallest absolute Gasteiger partial charge is 0.306 e. The standard InChI is InChI=1S/C55H106O6/c1-4-7-10-13-16-18-20-22-24-25-26-27-28-29-30-31-32-34-35-37-39-42-45-48-54(57)60-51-52(50-59-53(56)47-44-41-15-12-9-6-3)61-55(58)49-46-43-40-38-36-33-23-21-19-17-14-11-8-5-2/h52H,4-51H2,1-3H3. The molecule has 6 nitrogen and oxygen atoms in total. The second-order valence-corrected chi connectivity index (χ2v) is 18.9. The van der Waals surface area contributed by atoms with E-state index in [4.69, 9.17) is 14.2 Å². The summed E-state index contributed by atoms with van der Waals surface area (Å²) in [6.07, 6.45) is 55.6. The van der Waals surface area contributed by atoms with E-state index in [1.54, 1.807) is 0 Å². The number of esters is 3. The molecule has 362 valence electrons. The molecule has 0 radical (unpaired) electrons. The van der Waals surface area contributed by atoms with Crippen LogP contribution in [-0.4, -0.2) is 37.2 Å². The molecule has 0 saturated carbocycles. The van der Waals surface area contributed by atoms with Gasteiger partial charge in [-0.2, -0.15) is 0 Å². The summed E-state index contributed by atoms with van der Waals surface area (Å²) in [5, 5.41) is 0. The van der Waals surface area contributed by atoms with Gasteiger partial charge in [0.05, 0.1) is 0 Å². The Hall–Kier alpha value is -1.59. The summed E-state index contributed by atoms with van der Waals surface area (Å²) >= 11 is 0. The van der Waals surface area contributed by atoms with E-state index >= 15 is 0 Å². The van der Waals surface area contributed by atoms with Gasteiger partial charge in [-0.3, -0.25) is 14.4 Å². The summed E-state index contributed by atoms with van der Waals surface area (Å²) in [7, 11) is 0. The van der Waals surface area contributed by atoms with Gasteiger partial charge < -0.3 is 14.2 Å². The van der Waals surface area contributed by atoms with Crippen molar-refractivity contribution in [2.45, 2.75) is 322 Å². The van der Waals surface area contributed by atoms with Crippen molar-refractivity contribution in [1.29, 1.82) is 0 Å².